The highest BCUT2D eigenvalue weighted by molar-refractivity contribution is 6.35. The molecule has 1 aromatic heterocycles. The van der Waals surface area contributed by atoms with Crippen molar-refractivity contribution >= 4 is 23.2 Å². The van der Waals surface area contributed by atoms with Gasteiger partial charge in [-0.25, -0.2) is 0 Å². The van der Waals surface area contributed by atoms with Crippen LogP contribution in [0.5, 0.6) is 5.75 Å². The maximum atomic E-state index is 6.23. The summed E-state index contributed by atoms with van der Waals surface area (Å²) in [6.45, 7) is 4.03. The fourth-order valence-corrected chi connectivity index (χ4v) is 2.39. The number of hydrogen-bond donors (Lipinski definition) is 1. The second kappa shape index (κ2) is 7.48. The average molecular weight is 311 g/mol. The molecule has 106 valence electrons. The van der Waals surface area contributed by atoms with Gasteiger partial charge in [-0.1, -0.05) is 30.1 Å². The summed E-state index contributed by atoms with van der Waals surface area (Å²) in [6, 6.07) is 7.39. The van der Waals surface area contributed by atoms with Crippen molar-refractivity contribution in [2.75, 3.05) is 6.54 Å². The molecule has 0 fully saturated rings. The summed E-state index contributed by atoms with van der Waals surface area (Å²) in [6.07, 6.45) is 3.48. The molecule has 0 amide bonds. The predicted molar refractivity (Wildman–Crippen MR) is 82.4 cm³/mol. The molecule has 1 aromatic carbocycles. The van der Waals surface area contributed by atoms with Gasteiger partial charge in [0.2, 0.25) is 0 Å². The second-order valence-electron chi connectivity index (χ2n) is 4.30. The average Bonchev–Trinajstić information content (AvgIpc) is 2.45. The van der Waals surface area contributed by atoms with E-state index in [0.717, 1.165) is 17.7 Å². The van der Waals surface area contributed by atoms with E-state index in [1.54, 1.807) is 18.5 Å². The number of ether oxygens (including phenoxy) is 1. The zero-order valence-corrected chi connectivity index (χ0v) is 12.7. The number of benzene rings is 1. The zero-order chi connectivity index (χ0) is 14.4. The van der Waals surface area contributed by atoms with Gasteiger partial charge in [-0.05, 0) is 36.4 Å². The lowest BCUT2D eigenvalue weighted by Gasteiger charge is -2.14. The van der Waals surface area contributed by atoms with Crippen molar-refractivity contribution in [1.82, 2.24) is 10.3 Å². The summed E-state index contributed by atoms with van der Waals surface area (Å²) in [5, 5.41) is 4.39. The molecule has 0 aliphatic rings. The van der Waals surface area contributed by atoms with Gasteiger partial charge in [0.05, 0.1) is 5.02 Å². The minimum atomic E-state index is 0.447. The minimum absolute atomic E-state index is 0.447. The highest BCUT2D eigenvalue weighted by Gasteiger charge is 2.10. The van der Waals surface area contributed by atoms with Crippen LogP contribution in [0.3, 0.4) is 0 Å². The molecule has 0 saturated carbocycles. The number of pyridine rings is 1. The summed E-state index contributed by atoms with van der Waals surface area (Å²) in [7, 11) is 0. The first-order valence-corrected chi connectivity index (χ1v) is 7.16. The van der Waals surface area contributed by atoms with Crippen LogP contribution in [0.25, 0.3) is 0 Å². The van der Waals surface area contributed by atoms with E-state index >= 15 is 0 Å². The molecule has 0 aliphatic carbocycles. The Morgan fingerprint density at radius 1 is 1.20 bits per heavy atom. The highest BCUT2D eigenvalue weighted by Crippen LogP contribution is 2.33. The first kappa shape index (κ1) is 15.1. The van der Waals surface area contributed by atoms with Gasteiger partial charge >= 0.3 is 0 Å². The minimum Gasteiger partial charge on any atom is -0.487 e. The van der Waals surface area contributed by atoms with Crippen molar-refractivity contribution in [3.05, 3.63) is 57.8 Å². The summed E-state index contributed by atoms with van der Waals surface area (Å²) >= 11 is 12.3. The third-order valence-electron chi connectivity index (χ3n) is 2.78. The fraction of sp³-hybridized carbons (Fsp3) is 0.267. The van der Waals surface area contributed by atoms with Crippen molar-refractivity contribution in [2.24, 2.45) is 0 Å². The van der Waals surface area contributed by atoms with Gasteiger partial charge in [-0.2, -0.15) is 0 Å². The number of nitrogens with one attached hydrogen (secondary N) is 1. The molecule has 2 aromatic rings. The zero-order valence-electron chi connectivity index (χ0n) is 11.2. The van der Waals surface area contributed by atoms with E-state index in [-0.39, 0.29) is 0 Å². The van der Waals surface area contributed by atoms with E-state index in [0.29, 0.717) is 28.9 Å². The van der Waals surface area contributed by atoms with Gasteiger partial charge in [0.15, 0.2) is 0 Å². The van der Waals surface area contributed by atoms with Crippen molar-refractivity contribution in [3.8, 4) is 5.75 Å². The second-order valence-corrected chi connectivity index (χ2v) is 5.14. The Bertz CT molecular complexity index is 561. The van der Waals surface area contributed by atoms with Gasteiger partial charge in [-0.3, -0.25) is 4.98 Å². The molecule has 0 radical (unpaired) electrons. The van der Waals surface area contributed by atoms with E-state index in [9.17, 15) is 0 Å². The topological polar surface area (TPSA) is 34.1 Å². The van der Waals surface area contributed by atoms with Crippen LogP contribution in [0, 0.1) is 0 Å². The van der Waals surface area contributed by atoms with Gasteiger partial charge in [-0.15, -0.1) is 0 Å². The van der Waals surface area contributed by atoms with Crippen LogP contribution >= 0.6 is 23.2 Å². The quantitative estimate of drug-likeness (QED) is 0.873. The monoisotopic (exact) mass is 310 g/mol. The van der Waals surface area contributed by atoms with Crippen LogP contribution in [0.4, 0.5) is 0 Å². The van der Waals surface area contributed by atoms with Gasteiger partial charge in [0.1, 0.15) is 12.4 Å². The Morgan fingerprint density at radius 2 is 1.95 bits per heavy atom. The van der Waals surface area contributed by atoms with Gasteiger partial charge < -0.3 is 10.1 Å². The summed E-state index contributed by atoms with van der Waals surface area (Å²) in [4.78, 5) is 3.98. The van der Waals surface area contributed by atoms with E-state index in [1.807, 2.05) is 25.1 Å². The van der Waals surface area contributed by atoms with Crippen molar-refractivity contribution in [1.29, 1.82) is 0 Å². The molecule has 2 rings (SSSR count). The number of hydrogen-bond acceptors (Lipinski definition) is 3. The molecule has 5 heteroatoms. The lowest BCUT2D eigenvalue weighted by molar-refractivity contribution is 0.302. The van der Waals surface area contributed by atoms with E-state index < -0.39 is 0 Å². The van der Waals surface area contributed by atoms with E-state index in [2.05, 4.69) is 10.3 Å². The largest absolute Gasteiger partial charge is 0.487 e. The number of nitrogens with zero attached hydrogens (tertiary/aromatic N) is 1. The van der Waals surface area contributed by atoms with Crippen LogP contribution < -0.4 is 10.1 Å². The molecule has 1 heterocycles. The number of rotatable bonds is 6. The standard InChI is InChI=1S/C15H16Cl2N2O/c1-2-18-9-12-7-13(16)8-14(17)15(12)20-10-11-3-5-19-6-4-11/h3-8,18H,2,9-10H2,1H3. The maximum Gasteiger partial charge on any atom is 0.142 e. The summed E-state index contributed by atoms with van der Waals surface area (Å²) in [5.41, 5.74) is 2.00. The Kier molecular flexibility index (Phi) is 5.65. The molecule has 20 heavy (non-hydrogen) atoms. The molecule has 1 N–H and O–H groups in total. The molecule has 0 bridgehead atoms. The lowest BCUT2D eigenvalue weighted by Crippen LogP contribution is -2.13. The third-order valence-corrected chi connectivity index (χ3v) is 3.28. The number of aromatic nitrogens is 1. The molecule has 0 aliphatic heterocycles. The molecule has 0 saturated heterocycles. The normalized spacial score (nSPS) is 10.6. The van der Waals surface area contributed by atoms with Crippen LogP contribution in [0.1, 0.15) is 18.1 Å². The smallest absolute Gasteiger partial charge is 0.142 e. The predicted octanol–water partition coefficient (Wildman–Crippen LogP) is 4.08. The Hall–Kier alpha value is -1.29. The van der Waals surface area contributed by atoms with Crippen molar-refractivity contribution in [3.63, 3.8) is 0 Å². The molecular formula is C15H16Cl2N2O. The van der Waals surface area contributed by atoms with Crippen LogP contribution in [0.15, 0.2) is 36.7 Å². The molecule has 0 spiro atoms. The highest BCUT2D eigenvalue weighted by atomic mass is 35.5. The van der Waals surface area contributed by atoms with Gasteiger partial charge in [0, 0.05) is 29.5 Å². The molecule has 3 nitrogen and oxygen atoms in total. The van der Waals surface area contributed by atoms with Crippen molar-refractivity contribution < 1.29 is 4.74 Å². The van der Waals surface area contributed by atoms with Crippen LogP contribution in [0.2, 0.25) is 10.0 Å². The van der Waals surface area contributed by atoms with Gasteiger partial charge in [0.25, 0.3) is 0 Å². The Balaban J connectivity index is 2.16. The number of halogens is 2. The van der Waals surface area contributed by atoms with E-state index in [4.69, 9.17) is 27.9 Å². The first-order valence-electron chi connectivity index (χ1n) is 6.41. The summed E-state index contributed by atoms with van der Waals surface area (Å²) < 4.78 is 5.85. The lowest BCUT2D eigenvalue weighted by atomic mass is 10.2. The fourth-order valence-electron chi connectivity index (χ4n) is 1.80. The van der Waals surface area contributed by atoms with Crippen LogP contribution in [-0.4, -0.2) is 11.5 Å². The van der Waals surface area contributed by atoms with Crippen molar-refractivity contribution in [2.45, 2.75) is 20.1 Å². The SMILES string of the molecule is CCNCc1cc(Cl)cc(Cl)c1OCc1ccncc1. The Labute approximate surface area is 128 Å². The Morgan fingerprint density at radius 3 is 2.65 bits per heavy atom. The molecule has 0 unspecified atom stereocenters. The first-order chi connectivity index (χ1) is 9.70. The summed E-state index contributed by atoms with van der Waals surface area (Å²) in [5.74, 6) is 0.675. The van der Waals surface area contributed by atoms with E-state index in [1.165, 1.54) is 0 Å². The third kappa shape index (κ3) is 4.10. The molecule has 0 atom stereocenters. The molecular weight excluding hydrogens is 295 g/mol. The maximum absolute atomic E-state index is 6.23. The van der Waals surface area contributed by atoms with Crippen LogP contribution in [-0.2, 0) is 13.2 Å².